The van der Waals surface area contributed by atoms with Gasteiger partial charge >= 0.3 is 0 Å². The first kappa shape index (κ1) is 23.0. The summed E-state index contributed by atoms with van der Waals surface area (Å²) in [4.78, 5) is 38.6. The molecule has 33 heavy (non-hydrogen) atoms. The van der Waals surface area contributed by atoms with E-state index in [1.165, 1.54) is 24.3 Å². The maximum atomic E-state index is 12.7. The minimum absolute atomic E-state index is 0.00912. The van der Waals surface area contributed by atoms with E-state index in [0.717, 1.165) is 4.90 Å². The highest BCUT2D eigenvalue weighted by Crippen LogP contribution is 2.35. The number of anilines is 2. The smallest absolute Gasteiger partial charge is 0.261 e. The molecule has 1 aliphatic heterocycles. The molecule has 0 bridgehead atoms. The number of benzene rings is 2. The van der Waals surface area contributed by atoms with Crippen LogP contribution in [0, 0.1) is 11.8 Å². The number of imide groups is 1. The summed E-state index contributed by atoms with van der Waals surface area (Å²) in [5.74, 6) is -1.57. The van der Waals surface area contributed by atoms with Gasteiger partial charge in [-0.05, 0) is 49.2 Å². The second kappa shape index (κ2) is 9.36. The van der Waals surface area contributed by atoms with Gasteiger partial charge in [-0.3, -0.25) is 24.0 Å². The fourth-order valence-electron chi connectivity index (χ4n) is 4.03. The molecule has 0 spiro atoms. The molecule has 10 heteroatoms. The zero-order valence-corrected chi connectivity index (χ0v) is 19.1. The number of rotatable bonds is 7. The first-order valence-corrected chi connectivity index (χ1v) is 12.3. The van der Waals surface area contributed by atoms with Crippen molar-refractivity contribution in [2.45, 2.75) is 24.2 Å². The maximum Gasteiger partial charge on any atom is 0.261 e. The molecule has 2 atom stereocenters. The second-order valence-electron chi connectivity index (χ2n) is 7.93. The SMILES string of the molecule is O=C(CCN1C(=O)[C@H]2CC=CC[C@H]2C1=O)Nc1cccc(S(=O)(=O)Nc2cccc(Cl)c2)c1. The molecule has 2 N–H and O–H groups in total. The van der Waals surface area contributed by atoms with Gasteiger partial charge in [-0.1, -0.05) is 35.9 Å². The number of nitrogens with zero attached hydrogens (tertiary/aromatic N) is 1. The molecule has 4 rings (SSSR count). The van der Waals surface area contributed by atoms with Crippen molar-refractivity contribution in [3.05, 3.63) is 65.7 Å². The number of amides is 3. The molecule has 3 amide bonds. The number of carbonyl (C=O) groups is 3. The second-order valence-corrected chi connectivity index (χ2v) is 10.0. The molecular formula is C23H22ClN3O5S. The fourth-order valence-corrected chi connectivity index (χ4v) is 5.32. The molecule has 2 aromatic carbocycles. The van der Waals surface area contributed by atoms with Gasteiger partial charge in [0, 0.05) is 23.7 Å². The number of sulfonamides is 1. The van der Waals surface area contributed by atoms with Gasteiger partial charge in [0.25, 0.3) is 10.0 Å². The van der Waals surface area contributed by atoms with E-state index < -0.39 is 15.9 Å². The van der Waals surface area contributed by atoms with E-state index in [1.54, 1.807) is 24.3 Å². The number of halogens is 1. The molecule has 1 aliphatic carbocycles. The van der Waals surface area contributed by atoms with Crippen molar-refractivity contribution < 1.29 is 22.8 Å². The lowest BCUT2D eigenvalue weighted by Crippen LogP contribution is -2.34. The predicted octanol–water partition coefficient (Wildman–Crippen LogP) is 3.42. The van der Waals surface area contributed by atoms with Crippen molar-refractivity contribution in [1.82, 2.24) is 4.90 Å². The van der Waals surface area contributed by atoms with Gasteiger partial charge in [-0.25, -0.2) is 8.42 Å². The van der Waals surface area contributed by atoms with E-state index in [2.05, 4.69) is 10.0 Å². The summed E-state index contributed by atoms with van der Waals surface area (Å²) in [5, 5.41) is 3.02. The number of hydrogen-bond acceptors (Lipinski definition) is 5. The average Bonchev–Trinajstić information content (AvgIpc) is 3.02. The molecule has 0 aromatic heterocycles. The lowest BCUT2D eigenvalue weighted by atomic mass is 9.85. The zero-order chi connectivity index (χ0) is 23.6. The van der Waals surface area contributed by atoms with E-state index in [4.69, 9.17) is 11.6 Å². The Kier molecular flexibility index (Phi) is 6.53. The molecule has 1 fully saturated rings. The van der Waals surface area contributed by atoms with Crippen molar-refractivity contribution in [2.24, 2.45) is 11.8 Å². The lowest BCUT2D eigenvalue weighted by molar-refractivity contribution is -0.140. The first-order chi connectivity index (χ1) is 15.7. The predicted molar refractivity (Wildman–Crippen MR) is 124 cm³/mol. The van der Waals surface area contributed by atoms with Crippen molar-refractivity contribution in [3.63, 3.8) is 0 Å². The standard InChI is InChI=1S/C23H22ClN3O5S/c24-15-5-3-7-17(13-15)26-33(31,32)18-8-4-6-16(14-18)25-21(28)11-12-27-22(29)19-9-1-2-10-20(19)23(27)30/h1-8,13-14,19-20,26H,9-12H2,(H,25,28)/t19-,20+. The van der Waals surface area contributed by atoms with Gasteiger partial charge in [0.15, 0.2) is 0 Å². The van der Waals surface area contributed by atoms with E-state index in [1.807, 2.05) is 12.2 Å². The van der Waals surface area contributed by atoms with Gasteiger partial charge in [0.05, 0.1) is 22.4 Å². The molecule has 172 valence electrons. The average molecular weight is 488 g/mol. The third kappa shape index (κ3) is 5.09. The Morgan fingerprint density at radius 1 is 0.970 bits per heavy atom. The Balaban J connectivity index is 1.38. The summed E-state index contributed by atoms with van der Waals surface area (Å²) in [7, 11) is -3.90. The first-order valence-electron chi connectivity index (χ1n) is 10.4. The molecule has 0 saturated carbocycles. The van der Waals surface area contributed by atoms with Crippen LogP contribution in [0.15, 0.2) is 65.6 Å². The van der Waals surface area contributed by atoms with E-state index in [9.17, 15) is 22.8 Å². The summed E-state index contributed by atoms with van der Waals surface area (Å²) < 4.78 is 27.8. The molecule has 0 radical (unpaired) electrons. The Labute approximate surface area is 196 Å². The highest BCUT2D eigenvalue weighted by atomic mass is 35.5. The summed E-state index contributed by atoms with van der Waals surface area (Å²) in [5.41, 5.74) is 0.596. The highest BCUT2D eigenvalue weighted by molar-refractivity contribution is 7.92. The number of hydrogen-bond donors (Lipinski definition) is 2. The van der Waals surface area contributed by atoms with Gasteiger partial charge in [0.2, 0.25) is 17.7 Å². The molecular weight excluding hydrogens is 466 g/mol. The minimum atomic E-state index is -3.90. The van der Waals surface area contributed by atoms with Crippen LogP contribution in [0.25, 0.3) is 0 Å². The number of likely N-dealkylation sites (tertiary alicyclic amines) is 1. The van der Waals surface area contributed by atoms with Gasteiger partial charge in [0.1, 0.15) is 0 Å². The molecule has 1 saturated heterocycles. The summed E-state index contributed by atoms with van der Waals surface area (Å²) >= 11 is 5.90. The number of nitrogens with one attached hydrogen (secondary N) is 2. The van der Waals surface area contributed by atoms with Crippen molar-refractivity contribution in [1.29, 1.82) is 0 Å². The van der Waals surface area contributed by atoms with Crippen LogP contribution < -0.4 is 10.0 Å². The Morgan fingerprint density at radius 3 is 2.27 bits per heavy atom. The Hall–Kier alpha value is -3.17. The van der Waals surface area contributed by atoms with Crippen LogP contribution in [0.2, 0.25) is 5.02 Å². The Bertz CT molecular complexity index is 1220. The summed E-state index contributed by atoms with van der Waals surface area (Å²) in [6.45, 7) is -0.00912. The van der Waals surface area contributed by atoms with Gasteiger partial charge in [-0.15, -0.1) is 0 Å². The van der Waals surface area contributed by atoms with Gasteiger partial charge < -0.3 is 5.32 Å². The number of carbonyl (C=O) groups excluding carboxylic acids is 3. The molecule has 0 unspecified atom stereocenters. The van der Waals surface area contributed by atoms with Crippen LogP contribution in [0.4, 0.5) is 11.4 Å². The number of allylic oxidation sites excluding steroid dienone is 2. The maximum absolute atomic E-state index is 12.7. The van der Waals surface area contributed by atoms with E-state index in [0.29, 0.717) is 23.6 Å². The summed E-state index contributed by atoms with van der Waals surface area (Å²) in [6, 6.07) is 12.1. The number of fused-ring (bicyclic) bond motifs is 1. The summed E-state index contributed by atoms with van der Waals surface area (Å²) in [6.07, 6.45) is 4.82. The van der Waals surface area contributed by atoms with Gasteiger partial charge in [-0.2, -0.15) is 0 Å². The van der Waals surface area contributed by atoms with Crippen LogP contribution in [0.3, 0.4) is 0 Å². The van der Waals surface area contributed by atoms with Crippen LogP contribution in [0.1, 0.15) is 19.3 Å². The van der Waals surface area contributed by atoms with Crippen molar-refractivity contribution >= 4 is 50.7 Å². The molecule has 2 aliphatic rings. The van der Waals surface area contributed by atoms with Crippen molar-refractivity contribution in [2.75, 3.05) is 16.6 Å². The van der Waals surface area contributed by atoms with Crippen LogP contribution in [-0.4, -0.2) is 37.6 Å². The van der Waals surface area contributed by atoms with E-state index in [-0.39, 0.29) is 47.2 Å². The largest absolute Gasteiger partial charge is 0.326 e. The third-order valence-corrected chi connectivity index (χ3v) is 7.28. The van der Waals surface area contributed by atoms with Crippen LogP contribution in [0.5, 0.6) is 0 Å². The van der Waals surface area contributed by atoms with Crippen LogP contribution >= 0.6 is 11.6 Å². The Morgan fingerprint density at radius 2 is 1.61 bits per heavy atom. The minimum Gasteiger partial charge on any atom is -0.326 e. The van der Waals surface area contributed by atoms with E-state index >= 15 is 0 Å². The molecule has 1 heterocycles. The normalized spacial score (nSPS) is 20.0. The molecule has 8 nitrogen and oxygen atoms in total. The third-order valence-electron chi connectivity index (χ3n) is 5.67. The molecule has 2 aromatic rings. The van der Waals surface area contributed by atoms with Crippen LogP contribution in [-0.2, 0) is 24.4 Å². The fraction of sp³-hybridized carbons (Fsp3) is 0.261. The van der Waals surface area contributed by atoms with Crippen molar-refractivity contribution in [3.8, 4) is 0 Å². The monoisotopic (exact) mass is 487 g/mol. The lowest BCUT2D eigenvalue weighted by Gasteiger charge is -2.15. The quantitative estimate of drug-likeness (QED) is 0.459. The highest BCUT2D eigenvalue weighted by Gasteiger charge is 2.46. The zero-order valence-electron chi connectivity index (χ0n) is 17.5. The topological polar surface area (TPSA) is 113 Å².